The predicted molar refractivity (Wildman–Crippen MR) is 84.7 cm³/mol. The fourth-order valence-electron chi connectivity index (χ4n) is 2.24. The minimum absolute atomic E-state index is 0.538. The van der Waals surface area contributed by atoms with Gasteiger partial charge in [0, 0.05) is 24.3 Å². The quantitative estimate of drug-likeness (QED) is 0.860. The summed E-state index contributed by atoms with van der Waals surface area (Å²) in [6.45, 7) is 5.23. The van der Waals surface area contributed by atoms with Crippen LogP contribution in [0.1, 0.15) is 43.7 Å². The zero-order valence-corrected chi connectivity index (χ0v) is 12.7. The van der Waals surface area contributed by atoms with Crippen LogP contribution in [0.5, 0.6) is 11.5 Å². The van der Waals surface area contributed by atoms with Gasteiger partial charge >= 0.3 is 0 Å². The lowest BCUT2D eigenvalue weighted by molar-refractivity contribution is 0.469. The van der Waals surface area contributed by atoms with Crippen LogP contribution in [0.15, 0.2) is 42.7 Å². The number of rotatable bonds is 6. The third-order valence-electron chi connectivity index (χ3n) is 3.80. The van der Waals surface area contributed by atoms with Crippen LogP contribution in [0, 0.1) is 0 Å². The second-order valence-corrected chi connectivity index (χ2v) is 5.96. The molecule has 1 heterocycles. The van der Waals surface area contributed by atoms with Crippen molar-refractivity contribution in [3.63, 3.8) is 0 Å². The monoisotopic (exact) mass is 282 g/mol. The molecular formula is C18H22N2O. The van der Waals surface area contributed by atoms with Gasteiger partial charge in [-0.05, 0) is 42.5 Å². The molecule has 0 bridgehead atoms. The first-order chi connectivity index (χ1) is 10.2. The first-order valence-corrected chi connectivity index (χ1v) is 7.66. The summed E-state index contributed by atoms with van der Waals surface area (Å²) in [5, 5.41) is 3.52. The highest BCUT2D eigenvalue weighted by Gasteiger charge is 2.20. The summed E-state index contributed by atoms with van der Waals surface area (Å²) >= 11 is 0. The third-order valence-corrected chi connectivity index (χ3v) is 3.80. The highest BCUT2D eigenvalue weighted by atomic mass is 16.5. The smallest absolute Gasteiger partial charge is 0.150 e. The van der Waals surface area contributed by atoms with Crippen LogP contribution in [-0.2, 0) is 6.54 Å². The van der Waals surface area contributed by atoms with Crippen LogP contribution in [0.2, 0.25) is 0 Å². The number of nitrogens with zero attached hydrogens (tertiary/aromatic N) is 1. The van der Waals surface area contributed by atoms with Crippen molar-refractivity contribution >= 4 is 0 Å². The molecule has 1 aromatic carbocycles. The maximum atomic E-state index is 5.99. The van der Waals surface area contributed by atoms with Gasteiger partial charge in [0.2, 0.25) is 0 Å². The molecule has 0 unspecified atom stereocenters. The maximum Gasteiger partial charge on any atom is 0.150 e. The minimum Gasteiger partial charge on any atom is -0.455 e. The lowest BCUT2D eigenvalue weighted by Gasteiger charge is -2.12. The first-order valence-electron chi connectivity index (χ1n) is 7.66. The second kappa shape index (κ2) is 6.27. The molecule has 0 amide bonds. The Morgan fingerprint density at radius 2 is 1.95 bits per heavy atom. The van der Waals surface area contributed by atoms with Crippen molar-refractivity contribution in [1.29, 1.82) is 0 Å². The van der Waals surface area contributed by atoms with E-state index in [1.54, 1.807) is 6.20 Å². The number of ether oxygens (including phenoxy) is 1. The Kier molecular flexibility index (Phi) is 4.20. The van der Waals surface area contributed by atoms with Crippen molar-refractivity contribution in [1.82, 2.24) is 10.3 Å². The number of hydrogen-bond acceptors (Lipinski definition) is 3. The van der Waals surface area contributed by atoms with Crippen LogP contribution in [-0.4, -0.2) is 11.0 Å². The normalized spacial score (nSPS) is 14.4. The number of hydrogen-bond donors (Lipinski definition) is 1. The Labute approximate surface area is 126 Å². The van der Waals surface area contributed by atoms with E-state index < -0.39 is 0 Å². The highest BCUT2D eigenvalue weighted by Crippen LogP contribution is 2.27. The highest BCUT2D eigenvalue weighted by molar-refractivity contribution is 5.37. The van der Waals surface area contributed by atoms with Gasteiger partial charge in [-0.25, -0.2) is 0 Å². The van der Waals surface area contributed by atoms with Crippen LogP contribution in [0.4, 0.5) is 0 Å². The predicted octanol–water partition coefficient (Wildman–Crippen LogP) is 4.25. The summed E-state index contributed by atoms with van der Waals surface area (Å²) in [5.74, 6) is 2.23. The average Bonchev–Trinajstić information content (AvgIpc) is 3.31. The summed E-state index contributed by atoms with van der Waals surface area (Å²) in [7, 11) is 0. The lowest BCUT2D eigenvalue weighted by atomic mass is 10.0. The molecule has 1 fully saturated rings. The van der Waals surface area contributed by atoms with Gasteiger partial charge in [-0.1, -0.05) is 26.0 Å². The fraction of sp³-hybridized carbons (Fsp3) is 0.389. The van der Waals surface area contributed by atoms with E-state index in [4.69, 9.17) is 4.74 Å². The standard InChI is InChI=1S/C18H22N2O/c1-13(2)14-3-7-17(8-4-14)21-18-12-19-10-9-15(18)11-20-16-5-6-16/h3-4,7-10,12-13,16,20H,5-6,11H2,1-2H3. The van der Waals surface area contributed by atoms with Crippen molar-refractivity contribution in [2.75, 3.05) is 0 Å². The van der Waals surface area contributed by atoms with Gasteiger partial charge in [0.15, 0.2) is 0 Å². The topological polar surface area (TPSA) is 34.1 Å². The van der Waals surface area contributed by atoms with E-state index in [1.165, 1.54) is 18.4 Å². The average molecular weight is 282 g/mol. The minimum atomic E-state index is 0.538. The lowest BCUT2D eigenvalue weighted by Crippen LogP contribution is -2.15. The summed E-state index contributed by atoms with van der Waals surface area (Å²) in [4.78, 5) is 4.18. The van der Waals surface area contributed by atoms with E-state index in [-0.39, 0.29) is 0 Å². The zero-order valence-electron chi connectivity index (χ0n) is 12.7. The first kappa shape index (κ1) is 14.1. The Balaban J connectivity index is 1.70. The van der Waals surface area contributed by atoms with Gasteiger partial charge in [-0.2, -0.15) is 0 Å². The summed E-state index contributed by atoms with van der Waals surface area (Å²) in [5.41, 5.74) is 2.48. The number of aromatic nitrogens is 1. The second-order valence-electron chi connectivity index (χ2n) is 5.96. The van der Waals surface area contributed by atoms with Gasteiger partial charge < -0.3 is 10.1 Å². The molecule has 1 saturated carbocycles. The van der Waals surface area contributed by atoms with Crippen molar-refractivity contribution in [2.24, 2.45) is 0 Å². The molecule has 3 rings (SSSR count). The largest absolute Gasteiger partial charge is 0.455 e. The molecule has 1 aliphatic rings. The molecule has 0 saturated heterocycles. The number of pyridine rings is 1. The van der Waals surface area contributed by atoms with Gasteiger partial charge in [0.05, 0.1) is 6.20 Å². The molecular weight excluding hydrogens is 260 g/mol. The molecule has 21 heavy (non-hydrogen) atoms. The van der Waals surface area contributed by atoms with Gasteiger partial charge in [-0.3, -0.25) is 4.98 Å². The van der Waals surface area contributed by atoms with Crippen LogP contribution < -0.4 is 10.1 Å². The van der Waals surface area contributed by atoms with Crippen LogP contribution in [0.25, 0.3) is 0 Å². The molecule has 2 aromatic rings. The van der Waals surface area contributed by atoms with Gasteiger partial charge in [0.1, 0.15) is 11.5 Å². The Hall–Kier alpha value is -1.87. The van der Waals surface area contributed by atoms with E-state index >= 15 is 0 Å². The maximum absolute atomic E-state index is 5.99. The summed E-state index contributed by atoms with van der Waals surface area (Å²) in [6.07, 6.45) is 6.19. The zero-order chi connectivity index (χ0) is 14.7. The van der Waals surface area contributed by atoms with Crippen molar-refractivity contribution in [3.05, 3.63) is 53.9 Å². The van der Waals surface area contributed by atoms with Gasteiger partial charge in [0.25, 0.3) is 0 Å². The van der Waals surface area contributed by atoms with E-state index in [1.807, 2.05) is 24.4 Å². The molecule has 0 aliphatic heterocycles. The Morgan fingerprint density at radius 3 is 2.62 bits per heavy atom. The van der Waals surface area contributed by atoms with Crippen LogP contribution >= 0.6 is 0 Å². The summed E-state index contributed by atoms with van der Waals surface area (Å²) < 4.78 is 5.99. The Morgan fingerprint density at radius 1 is 1.19 bits per heavy atom. The molecule has 1 aromatic heterocycles. The molecule has 0 atom stereocenters. The fourth-order valence-corrected chi connectivity index (χ4v) is 2.24. The molecule has 3 heteroatoms. The molecule has 3 nitrogen and oxygen atoms in total. The molecule has 0 spiro atoms. The number of benzene rings is 1. The summed E-state index contributed by atoms with van der Waals surface area (Å²) in [6, 6.07) is 11.0. The Bertz CT molecular complexity index is 588. The molecule has 110 valence electrons. The van der Waals surface area contributed by atoms with E-state index in [0.29, 0.717) is 12.0 Å². The van der Waals surface area contributed by atoms with E-state index in [0.717, 1.165) is 23.6 Å². The molecule has 0 radical (unpaired) electrons. The van der Waals surface area contributed by atoms with Crippen LogP contribution in [0.3, 0.4) is 0 Å². The van der Waals surface area contributed by atoms with Crippen molar-refractivity contribution in [2.45, 2.75) is 45.2 Å². The number of nitrogens with one attached hydrogen (secondary N) is 1. The molecule has 1 aliphatic carbocycles. The van der Waals surface area contributed by atoms with Crippen molar-refractivity contribution in [3.8, 4) is 11.5 Å². The van der Waals surface area contributed by atoms with E-state index in [2.05, 4.69) is 36.3 Å². The van der Waals surface area contributed by atoms with Crippen molar-refractivity contribution < 1.29 is 4.74 Å². The van der Waals surface area contributed by atoms with E-state index in [9.17, 15) is 0 Å². The van der Waals surface area contributed by atoms with Gasteiger partial charge in [-0.15, -0.1) is 0 Å². The SMILES string of the molecule is CC(C)c1ccc(Oc2cnccc2CNC2CC2)cc1. The third kappa shape index (κ3) is 3.82. The molecule has 1 N–H and O–H groups in total.